The summed E-state index contributed by atoms with van der Waals surface area (Å²) in [6.07, 6.45) is 3.66. The number of nitrogens with zero attached hydrogens (tertiary/aromatic N) is 1. The van der Waals surface area contributed by atoms with Crippen LogP contribution in [0.1, 0.15) is 32.6 Å². The summed E-state index contributed by atoms with van der Waals surface area (Å²) < 4.78 is 5.33. The van der Waals surface area contributed by atoms with E-state index in [4.69, 9.17) is 4.74 Å². The van der Waals surface area contributed by atoms with Gasteiger partial charge >= 0.3 is 0 Å². The van der Waals surface area contributed by atoms with Gasteiger partial charge in [0.05, 0.1) is 13.0 Å². The van der Waals surface area contributed by atoms with Crippen molar-refractivity contribution in [1.82, 2.24) is 10.2 Å². The van der Waals surface area contributed by atoms with Gasteiger partial charge in [-0.1, -0.05) is 6.92 Å². The van der Waals surface area contributed by atoms with Crippen molar-refractivity contribution < 1.29 is 9.53 Å². The molecule has 0 aromatic heterocycles. The number of nitrogens with one attached hydrogen (secondary N) is 1. The Morgan fingerprint density at radius 2 is 2.06 bits per heavy atom. The summed E-state index contributed by atoms with van der Waals surface area (Å²) in [7, 11) is 1.91. The van der Waals surface area contributed by atoms with Crippen LogP contribution in [0.4, 0.5) is 0 Å². The number of rotatable bonds is 6. The van der Waals surface area contributed by atoms with Gasteiger partial charge in [0.2, 0.25) is 5.91 Å². The summed E-state index contributed by atoms with van der Waals surface area (Å²) in [5.41, 5.74) is 0. The van der Waals surface area contributed by atoms with Crippen LogP contribution in [0.2, 0.25) is 0 Å². The fourth-order valence-electron chi connectivity index (χ4n) is 1.98. The molecule has 4 heteroatoms. The smallest absolute Gasteiger partial charge is 0.224 e. The van der Waals surface area contributed by atoms with E-state index < -0.39 is 0 Å². The minimum atomic E-state index is 0.211. The zero-order valence-corrected chi connectivity index (χ0v) is 10.5. The van der Waals surface area contributed by atoms with Crippen molar-refractivity contribution in [3.8, 4) is 0 Å². The fourth-order valence-corrected chi connectivity index (χ4v) is 1.98. The van der Waals surface area contributed by atoms with E-state index in [9.17, 15) is 4.79 Å². The van der Waals surface area contributed by atoms with Crippen LogP contribution >= 0.6 is 0 Å². The first kappa shape index (κ1) is 13.5. The lowest BCUT2D eigenvalue weighted by Gasteiger charge is -2.31. The van der Waals surface area contributed by atoms with E-state index in [1.165, 1.54) is 0 Å². The molecular formula is C12H24N2O2. The second-order valence-electron chi connectivity index (χ2n) is 4.35. The molecule has 1 aliphatic rings. The Morgan fingerprint density at radius 1 is 1.38 bits per heavy atom. The molecule has 16 heavy (non-hydrogen) atoms. The van der Waals surface area contributed by atoms with Crippen LogP contribution in [0.25, 0.3) is 0 Å². The first-order valence-corrected chi connectivity index (χ1v) is 6.29. The second-order valence-corrected chi connectivity index (χ2v) is 4.35. The molecule has 1 heterocycles. The van der Waals surface area contributed by atoms with E-state index in [0.717, 1.165) is 39.0 Å². The normalized spacial score (nSPS) is 17.4. The highest BCUT2D eigenvalue weighted by atomic mass is 16.5. The fraction of sp³-hybridized carbons (Fsp3) is 0.917. The predicted molar refractivity (Wildman–Crippen MR) is 64.4 cm³/mol. The first-order valence-electron chi connectivity index (χ1n) is 6.29. The van der Waals surface area contributed by atoms with Gasteiger partial charge in [0.15, 0.2) is 0 Å². The van der Waals surface area contributed by atoms with E-state index in [1.54, 1.807) is 0 Å². The SMILES string of the molecule is CCCOCCC(=O)N(C)C1CCNCC1. The van der Waals surface area contributed by atoms with E-state index in [0.29, 0.717) is 19.1 Å². The molecule has 0 spiro atoms. The van der Waals surface area contributed by atoms with Gasteiger partial charge < -0.3 is 15.0 Å². The molecule has 4 nitrogen and oxygen atoms in total. The van der Waals surface area contributed by atoms with E-state index in [1.807, 2.05) is 11.9 Å². The van der Waals surface area contributed by atoms with Crippen molar-refractivity contribution in [2.24, 2.45) is 0 Å². The molecule has 0 atom stereocenters. The van der Waals surface area contributed by atoms with Gasteiger partial charge in [-0.15, -0.1) is 0 Å². The number of carbonyl (C=O) groups is 1. The summed E-state index contributed by atoms with van der Waals surface area (Å²) in [5.74, 6) is 0.211. The lowest BCUT2D eigenvalue weighted by atomic mass is 10.1. The molecular weight excluding hydrogens is 204 g/mol. The van der Waals surface area contributed by atoms with Gasteiger partial charge in [-0.2, -0.15) is 0 Å². The third kappa shape index (κ3) is 4.49. The minimum Gasteiger partial charge on any atom is -0.381 e. The van der Waals surface area contributed by atoms with Crippen molar-refractivity contribution in [2.45, 2.75) is 38.6 Å². The van der Waals surface area contributed by atoms with Crippen molar-refractivity contribution >= 4 is 5.91 Å². The van der Waals surface area contributed by atoms with E-state index in [2.05, 4.69) is 12.2 Å². The Kier molecular flexibility index (Phi) is 6.42. The molecule has 1 N–H and O–H groups in total. The van der Waals surface area contributed by atoms with Gasteiger partial charge in [0.25, 0.3) is 0 Å². The average Bonchev–Trinajstić information content (AvgIpc) is 2.34. The molecule has 94 valence electrons. The summed E-state index contributed by atoms with van der Waals surface area (Å²) >= 11 is 0. The maximum atomic E-state index is 11.8. The van der Waals surface area contributed by atoms with E-state index >= 15 is 0 Å². The summed E-state index contributed by atoms with van der Waals surface area (Å²) in [5, 5.41) is 3.31. The zero-order valence-electron chi connectivity index (χ0n) is 10.5. The highest BCUT2D eigenvalue weighted by Crippen LogP contribution is 2.10. The molecule has 0 unspecified atom stereocenters. The van der Waals surface area contributed by atoms with Crippen molar-refractivity contribution in [3.63, 3.8) is 0 Å². The molecule has 1 saturated heterocycles. The summed E-state index contributed by atoms with van der Waals surface area (Å²) in [6.45, 7) is 5.43. The molecule has 0 aromatic carbocycles. The van der Waals surface area contributed by atoms with Crippen molar-refractivity contribution in [3.05, 3.63) is 0 Å². The van der Waals surface area contributed by atoms with Gasteiger partial charge in [-0.3, -0.25) is 4.79 Å². The Labute approximate surface area is 98.3 Å². The number of amides is 1. The second kappa shape index (κ2) is 7.63. The van der Waals surface area contributed by atoms with Crippen LogP contribution in [0, 0.1) is 0 Å². The minimum absolute atomic E-state index is 0.211. The largest absolute Gasteiger partial charge is 0.381 e. The van der Waals surface area contributed by atoms with Crippen LogP contribution in [0.15, 0.2) is 0 Å². The van der Waals surface area contributed by atoms with Crippen LogP contribution in [-0.2, 0) is 9.53 Å². The number of piperidine rings is 1. The molecule has 1 rings (SSSR count). The summed E-state index contributed by atoms with van der Waals surface area (Å²) in [6, 6.07) is 0.417. The third-order valence-corrected chi connectivity index (χ3v) is 3.06. The third-order valence-electron chi connectivity index (χ3n) is 3.06. The van der Waals surface area contributed by atoms with Crippen molar-refractivity contribution in [2.75, 3.05) is 33.4 Å². The lowest BCUT2D eigenvalue weighted by molar-refractivity contribution is -0.133. The molecule has 1 aliphatic heterocycles. The highest BCUT2D eigenvalue weighted by Gasteiger charge is 2.21. The van der Waals surface area contributed by atoms with Crippen LogP contribution in [0.3, 0.4) is 0 Å². The maximum Gasteiger partial charge on any atom is 0.224 e. The molecule has 1 fully saturated rings. The van der Waals surface area contributed by atoms with Gasteiger partial charge in [0.1, 0.15) is 0 Å². The topological polar surface area (TPSA) is 41.6 Å². The van der Waals surface area contributed by atoms with Gasteiger partial charge in [0, 0.05) is 19.7 Å². The number of hydrogen-bond donors (Lipinski definition) is 1. The first-order chi connectivity index (χ1) is 7.75. The van der Waals surface area contributed by atoms with Gasteiger partial charge in [-0.05, 0) is 32.4 Å². The van der Waals surface area contributed by atoms with Crippen LogP contribution in [-0.4, -0.2) is 50.2 Å². The molecule has 0 aliphatic carbocycles. The van der Waals surface area contributed by atoms with Crippen molar-refractivity contribution in [1.29, 1.82) is 0 Å². The predicted octanol–water partition coefficient (Wildman–Crippen LogP) is 1.01. The lowest BCUT2D eigenvalue weighted by Crippen LogP contribution is -2.44. The van der Waals surface area contributed by atoms with Gasteiger partial charge in [-0.25, -0.2) is 0 Å². The molecule has 0 aromatic rings. The molecule has 0 bridgehead atoms. The zero-order chi connectivity index (χ0) is 11.8. The molecule has 1 amide bonds. The van der Waals surface area contributed by atoms with Crippen LogP contribution in [0.5, 0.6) is 0 Å². The van der Waals surface area contributed by atoms with E-state index in [-0.39, 0.29) is 5.91 Å². The summed E-state index contributed by atoms with van der Waals surface area (Å²) in [4.78, 5) is 13.7. The number of ether oxygens (including phenoxy) is 1. The average molecular weight is 228 g/mol. The Bertz CT molecular complexity index is 203. The Morgan fingerprint density at radius 3 is 2.69 bits per heavy atom. The Hall–Kier alpha value is -0.610. The monoisotopic (exact) mass is 228 g/mol. The maximum absolute atomic E-state index is 11.8. The standard InChI is InChI=1S/C12H24N2O2/c1-3-9-16-10-6-12(15)14(2)11-4-7-13-8-5-11/h11,13H,3-10H2,1-2H3. The molecule has 0 radical (unpaired) electrons. The quantitative estimate of drug-likeness (QED) is 0.690. The molecule has 0 saturated carbocycles. The number of carbonyl (C=O) groups excluding carboxylic acids is 1. The number of hydrogen-bond acceptors (Lipinski definition) is 3. The highest BCUT2D eigenvalue weighted by molar-refractivity contribution is 5.76. The van der Waals surface area contributed by atoms with Crippen LogP contribution < -0.4 is 5.32 Å². The Balaban J connectivity index is 2.18.